The topological polar surface area (TPSA) is 237 Å². The molecule has 17 nitrogen and oxygen atoms in total. The van der Waals surface area contributed by atoms with Crippen LogP contribution in [0.15, 0.2) is 0 Å². The van der Waals surface area contributed by atoms with E-state index in [-0.39, 0.29) is 25.7 Å². The molecule has 0 fully saturated rings. The van der Waals surface area contributed by atoms with Crippen LogP contribution < -0.4 is 0 Å². The van der Waals surface area contributed by atoms with Gasteiger partial charge in [0.05, 0.1) is 26.4 Å². The Balaban J connectivity index is 5.20. The minimum Gasteiger partial charge on any atom is -0.462 e. The number of carbonyl (C=O) groups is 4. The number of hydrogen-bond acceptors (Lipinski definition) is 15. The van der Waals surface area contributed by atoms with E-state index in [1.165, 1.54) is 173 Å². The molecule has 0 bridgehead atoms. The van der Waals surface area contributed by atoms with E-state index in [0.29, 0.717) is 37.5 Å². The van der Waals surface area contributed by atoms with Crippen LogP contribution in [0.3, 0.4) is 0 Å². The maximum Gasteiger partial charge on any atom is 0.472 e. The van der Waals surface area contributed by atoms with Crippen molar-refractivity contribution in [1.29, 1.82) is 0 Å². The highest BCUT2D eigenvalue weighted by Gasteiger charge is 2.30. The van der Waals surface area contributed by atoms with Crippen molar-refractivity contribution in [3.8, 4) is 0 Å². The lowest BCUT2D eigenvalue weighted by Gasteiger charge is -2.21. The minimum absolute atomic E-state index is 0.101. The molecule has 0 heterocycles. The van der Waals surface area contributed by atoms with E-state index in [1.54, 1.807) is 0 Å². The molecule has 3 N–H and O–H groups in total. The number of hydrogen-bond donors (Lipinski definition) is 3. The average Bonchev–Trinajstić information content (AvgIpc) is 2.73. The molecule has 0 aromatic rings. The molecule has 0 spiro atoms. The smallest absolute Gasteiger partial charge is 0.462 e. The van der Waals surface area contributed by atoms with Crippen LogP contribution in [-0.4, -0.2) is 96.7 Å². The van der Waals surface area contributed by atoms with Gasteiger partial charge in [-0.25, -0.2) is 9.13 Å². The maximum atomic E-state index is 13.1. The Bertz CT molecular complexity index is 1800. The molecular formula is C73H142O17P2. The third-order valence-electron chi connectivity index (χ3n) is 16.9. The Morgan fingerprint density at radius 3 is 0.739 bits per heavy atom. The number of rotatable bonds is 71. The summed E-state index contributed by atoms with van der Waals surface area (Å²) in [6.45, 7) is 11.7. The first-order valence-corrected chi connectivity index (χ1v) is 40.8. The first-order valence-electron chi connectivity index (χ1n) is 37.8. The SMILES string of the molecule is CCCCCCCCCCCCCCCCCC(=O)OC[C@H](COP(=O)(O)OC[C@@H](O)COP(=O)(O)OC[C@@H](COC(=O)CCCCCCCCC(C)C)OC(=O)CCCCCCCCC(C)C)OC(=O)CCCCCCCCCCCCCCCCCCC(C)C. The average molecular weight is 1350 g/mol. The molecule has 0 amide bonds. The van der Waals surface area contributed by atoms with E-state index in [4.69, 9.17) is 37.0 Å². The van der Waals surface area contributed by atoms with E-state index >= 15 is 0 Å². The number of phosphoric ester groups is 2. The van der Waals surface area contributed by atoms with Crippen molar-refractivity contribution >= 4 is 39.5 Å². The van der Waals surface area contributed by atoms with Crippen LogP contribution in [0.1, 0.15) is 370 Å². The lowest BCUT2D eigenvalue weighted by Crippen LogP contribution is -2.30. The molecule has 92 heavy (non-hydrogen) atoms. The summed E-state index contributed by atoms with van der Waals surface area (Å²) in [4.78, 5) is 72.6. The van der Waals surface area contributed by atoms with Gasteiger partial charge in [-0.15, -0.1) is 0 Å². The quantitative estimate of drug-likeness (QED) is 0.0222. The van der Waals surface area contributed by atoms with Crippen LogP contribution >= 0.6 is 15.6 Å². The van der Waals surface area contributed by atoms with Gasteiger partial charge >= 0.3 is 39.5 Å². The van der Waals surface area contributed by atoms with Crippen molar-refractivity contribution in [2.45, 2.75) is 388 Å². The fraction of sp³-hybridized carbons (Fsp3) is 0.945. The molecule has 0 radical (unpaired) electrons. The Labute approximate surface area is 562 Å². The monoisotopic (exact) mass is 1350 g/mol. The van der Waals surface area contributed by atoms with Gasteiger partial charge in [0.2, 0.25) is 0 Å². The van der Waals surface area contributed by atoms with Gasteiger partial charge in [-0.1, -0.05) is 318 Å². The van der Waals surface area contributed by atoms with E-state index in [2.05, 4.69) is 48.5 Å². The summed E-state index contributed by atoms with van der Waals surface area (Å²) >= 11 is 0. The third kappa shape index (κ3) is 66.7. The summed E-state index contributed by atoms with van der Waals surface area (Å²) in [5, 5.41) is 10.6. The number of esters is 4. The van der Waals surface area contributed by atoms with E-state index in [0.717, 1.165) is 102 Å². The van der Waals surface area contributed by atoms with Gasteiger partial charge in [0, 0.05) is 25.7 Å². The maximum absolute atomic E-state index is 13.1. The molecule has 0 rings (SSSR count). The van der Waals surface area contributed by atoms with Crippen molar-refractivity contribution in [3.63, 3.8) is 0 Å². The van der Waals surface area contributed by atoms with Gasteiger partial charge in [0.15, 0.2) is 12.2 Å². The fourth-order valence-electron chi connectivity index (χ4n) is 11.1. The molecule has 0 aliphatic heterocycles. The van der Waals surface area contributed by atoms with Gasteiger partial charge in [0.1, 0.15) is 19.3 Å². The molecule has 0 aromatic heterocycles. The van der Waals surface area contributed by atoms with Gasteiger partial charge in [-0.05, 0) is 43.4 Å². The predicted molar refractivity (Wildman–Crippen MR) is 372 cm³/mol. The van der Waals surface area contributed by atoms with Crippen LogP contribution in [0.4, 0.5) is 0 Å². The zero-order valence-electron chi connectivity index (χ0n) is 60.0. The lowest BCUT2D eigenvalue weighted by atomic mass is 10.0. The predicted octanol–water partition coefficient (Wildman–Crippen LogP) is 21.0. The molecule has 0 saturated heterocycles. The highest BCUT2D eigenvalue weighted by atomic mass is 31.2. The van der Waals surface area contributed by atoms with Gasteiger partial charge in [-0.3, -0.25) is 37.3 Å². The van der Waals surface area contributed by atoms with Crippen LogP contribution in [0.5, 0.6) is 0 Å². The largest absolute Gasteiger partial charge is 0.472 e. The van der Waals surface area contributed by atoms with Crippen molar-refractivity contribution in [2.24, 2.45) is 17.8 Å². The zero-order chi connectivity index (χ0) is 68.0. The van der Waals surface area contributed by atoms with Gasteiger partial charge < -0.3 is 33.8 Å². The molecule has 0 aliphatic carbocycles. The zero-order valence-corrected chi connectivity index (χ0v) is 61.8. The second-order valence-corrected chi connectivity index (χ2v) is 30.7. The Morgan fingerprint density at radius 2 is 0.500 bits per heavy atom. The summed E-state index contributed by atoms with van der Waals surface area (Å²) in [5.74, 6) is 0.0299. The van der Waals surface area contributed by atoms with Crippen LogP contribution in [0.2, 0.25) is 0 Å². The number of unbranched alkanes of at least 4 members (excludes halogenated alkanes) is 39. The normalized spacial score (nSPS) is 14.1. The van der Waals surface area contributed by atoms with Crippen LogP contribution in [-0.2, 0) is 65.4 Å². The third-order valence-corrected chi connectivity index (χ3v) is 18.8. The highest BCUT2D eigenvalue weighted by molar-refractivity contribution is 7.47. The number of ether oxygens (including phenoxy) is 4. The van der Waals surface area contributed by atoms with Crippen LogP contribution in [0.25, 0.3) is 0 Å². The molecule has 0 aromatic carbocycles. The van der Waals surface area contributed by atoms with E-state index < -0.39 is 97.5 Å². The summed E-state index contributed by atoms with van der Waals surface area (Å²) in [6, 6.07) is 0. The summed E-state index contributed by atoms with van der Waals surface area (Å²) in [7, 11) is -9.90. The standard InChI is InChI=1S/C73H142O17P2/c1-8-9-10-11-12-13-14-15-18-22-25-28-31-40-47-54-70(75)83-60-68(89-72(77)56-49-42-32-29-26-23-20-17-16-19-21-24-27-30-37-44-51-64(2)3)62-87-91(79,80)85-58-67(74)59-86-92(81,82)88-63-69(90-73(78)57-50-43-36-34-39-46-53-66(6)7)61-84-71(76)55-48-41-35-33-38-45-52-65(4)5/h64-69,74H,8-63H2,1-7H3,(H,79,80)(H,81,82)/t67-,68-,69-/m1/s1. The first kappa shape index (κ1) is 90.1. The number of phosphoric acid groups is 2. The Hall–Kier alpha value is -1.94. The number of carbonyl (C=O) groups excluding carboxylic acids is 4. The summed E-state index contributed by atoms with van der Waals surface area (Å²) < 4.78 is 68.3. The van der Waals surface area contributed by atoms with E-state index in [1.807, 2.05) is 0 Å². The number of aliphatic hydroxyl groups excluding tert-OH is 1. The summed E-state index contributed by atoms with van der Waals surface area (Å²) in [6.07, 6.45) is 49.0. The lowest BCUT2D eigenvalue weighted by molar-refractivity contribution is -0.161. The van der Waals surface area contributed by atoms with Crippen molar-refractivity contribution in [3.05, 3.63) is 0 Å². The molecule has 19 heteroatoms. The minimum atomic E-state index is -4.95. The van der Waals surface area contributed by atoms with Gasteiger partial charge in [0.25, 0.3) is 0 Å². The Morgan fingerprint density at radius 1 is 0.293 bits per heavy atom. The highest BCUT2D eigenvalue weighted by Crippen LogP contribution is 2.45. The van der Waals surface area contributed by atoms with Crippen LogP contribution in [0, 0.1) is 17.8 Å². The first-order chi connectivity index (χ1) is 44.2. The second-order valence-electron chi connectivity index (χ2n) is 27.8. The molecule has 2 unspecified atom stereocenters. The van der Waals surface area contributed by atoms with Crippen molar-refractivity contribution in [1.82, 2.24) is 0 Å². The molecule has 546 valence electrons. The van der Waals surface area contributed by atoms with Gasteiger partial charge in [-0.2, -0.15) is 0 Å². The number of aliphatic hydroxyl groups is 1. The molecular weight excluding hydrogens is 1210 g/mol. The van der Waals surface area contributed by atoms with Crippen molar-refractivity contribution in [2.75, 3.05) is 39.6 Å². The molecule has 0 aliphatic rings. The van der Waals surface area contributed by atoms with Crippen molar-refractivity contribution < 1.29 is 80.2 Å². The van der Waals surface area contributed by atoms with E-state index in [9.17, 15) is 43.2 Å². The Kier molecular flexibility index (Phi) is 62.4. The molecule has 0 saturated carbocycles. The fourth-order valence-corrected chi connectivity index (χ4v) is 12.7. The summed E-state index contributed by atoms with van der Waals surface area (Å²) in [5.41, 5.74) is 0. The second kappa shape index (κ2) is 63.8. The molecule has 5 atom stereocenters.